The van der Waals surface area contributed by atoms with Crippen molar-refractivity contribution in [1.82, 2.24) is 5.16 Å². The molecular formula is C13H13BrN2O2. The summed E-state index contributed by atoms with van der Waals surface area (Å²) < 4.78 is 4.82. The highest BCUT2D eigenvalue weighted by atomic mass is 79.9. The molecule has 18 heavy (non-hydrogen) atoms. The van der Waals surface area contributed by atoms with Crippen LogP contribution in [-0.4, -0.2) is 11.1 Å². The number of amides is 1. The Kier molecular flexibility index (Phi) is 3.81. The molecule has 1 amide bonds. The summed E-state index contributed by atoms with van der Waals surface area (Å²) in [6, 6.07) is 5.87. The molecule has 2 aromatic rings. The number of hydrogen-bond donors (Lipinski definition) is 1. The maximum atomic E-state index is 12.1. The Bertz CT molecular complexity index is 558. The van der Waals surface area contributed by atoms with Gasteiger partial charge in [0, 0.05) is 16.6 Å². The van der Waals surface area contributed by atoms with Crippen molar-refractivity contribution in [2.24, 2.45) is 0 Å². The van der Waals surface area contributed by atoms with E-state index in [0.29, 0.717) is 11.0 Å². The maximum Gasteiger partial charge on any atom is 0.278 e. The third-order valence-electron chi connectivity index (χ3n) is 2.72. The summed E-state index contributed by atoms with van der Waals surface area (Å²) in [5.74, 6) is -0.254. The number of para-hydroxylation sites is 1. The molecule has 0 atom stereocenters. The van der Waals surface area contributed by atoms with Crippen molar-refractivity contribution in [2.75, 3.05) is 5.32 Å². The monoisotopic (exact) mass is 308 g/mol. The van der Waals surface area contributed by atoms with Crippen molar-refractivity contribution in [2.45, 2.75) is 19.2 Å². The van der Waals surface area contributed by atoms with E-state index < -0.39 is 0 Å². The summed E-state index contributed by atoms with van der Waals surface area (Å²) in [6.45, 7) is 3.91. The molecule has 0 aliphatic carbocycles. The van der Waals surface area contributed by atoms with Gasteiger partial charge in [0.25, 0.3) is 5.91 Å². The molecule has 0 bridgehead atoms. The van der Waals surface area contributed by atoms with Gasteiger partial charge in [-0.25, -0.2) is 0 Å². The summed E-state index contributed by atoms with van der Waals surface area (Å²) in [4.78, 5) is 12.1. The van der Waals surface area contributed by atoms with Gasteiger partial charge >= 0.3 is 0 Å². The topological polar surface area (TPSA) is 55.1 Å². The lowest BCUT2D eigenvalue weighted by Crippen LogP contribution is -2.15. The highest BCUT2D eigenvalue weighted by Crippen LogP contribution is 2.21. The summed E-state index contributed by atoms with van der Waals surface area (Å²) in [5.41, 5.74) is 3.92. The SMILES string of the molecule is Cc1cccc(C)c1NC(=O)c1nocc1CBr. The van der Waals surface area contributed by atoms with Gasteiger partial charge in [0.1, 0.15) is 6.26 Å². The molecule has 1 aromatic heterocycles. The predicted octanol–water partition coefficient (Wildman–Crippen LogP) is 3.44. The van der Waals surface area contributed by atoms with Crippen molar-refractivity contribution >= 4 is 27.5 Å². The first-order valence-corrected chi connectivity index (χ1v) is 6.62. The minimum Gasteiger partial charge on any atom is -0.364 e. The van der Waals surface area contributed by atoms with Crippen LogP contribution in [0.15, 0.2) is 29.0 Å². The largest absolute Gasteiger partial charge is 0.364 e. The van der Waals surface area contributed by atoms with Crippen LogP contribution in [0.5, 0.6) is 0 Å². The molecule has 1 aromatic carbocycles. The molecule has 0 fully saturated rings. The van der Waals surface area contributed by atoms with Crippen LogP contribution in [0.4, 0.5) is 5.69 Å². The number of aromatic nitrogens is 1. The van der Waals surface area contributed by atoms with Gasteiger partial charge in [0.2, 0.25) is 0 Å². The first-order chi connectivity index (χ1) is 8.63. The van der Waals surface area contributed by atoms with Gasteiger partial charge in [0.15, 0.2) is 5.69 Å². The number of halogens is 1. The molecule has 1 N–H and O–H groups in total. The zero-order chi connectivity index (χ0) is 13.1. The van der Waals surface area contributed by atoms with E-state index in [2.05, 4.69) is 26.4 Å². The van der Waals surface area contributed by atoms with Gasteiger partial charge in [0.05, 0.1) is 0 Å². The average molecular weight is 309 g/mol. The second-order valence-electron chi connectivity index (χ2n) is 4.04. The van der Waals surface area contributed by atoms with Crippen molar-refractivity contribution in [3.8, 4) is 0 Å². The van der Waals surface area contributed by atoms with Crippen molar-refractivity contribution in [1.29, 1.82) is 0 Å². The highest BCUT2D eigenvalue weighted by Gasteiger charge is 2.17. The maximum absolute atomic E-state index is 12.1. The second kappa shape index (κ2) is 5.35. The summed E-state index contributed by atoms with van der Waals surface area (Å²) in [6.07, 6.45) is 1.47. The molecule has 0 saturated heterocycles. The highest BCUT2D eigenvalue weighted by molar-refractivity contribution is 9.08. The van der Waals surface area contributed by atoms with Gasteiger partial charge in [-0.05, 0) is 25.0 Å². The molecule has 1 heterocycles. The number of benzene rings is 1. The van der Waals surface area contributed by atoms with E-state index in [0.717, 1.165) is 22.4 Å². The Hall–Kier alpha value is -1.62. The molecule has 0 saturated carbocycles. The molecule has 5 heteroatoms. The molecule has 94 valence electrons. The third-order valence-corrected chi connectivity index (χ3v) is 3.33. The Morgan fingerprint density at radius 2 is 2.06 bits per heavy atom. The number of rotatable bonds is 3. The molecule has 0 unspecified atom stereocenters. The van der Waals surface area contributed by atoms with Gasteiger partial charge in [-0.2, -0.15) is 0 Å². The Morgan fingerprint density at radius 1 is 1.39 bits per heavy atom. The normalized spacial score (nSPS) is 10.4. The van der Waals surface area contributed by atoms with Crippen LogP contribution in [0.2, 0.25) is 0 Å². The lowest BCUT2D eigenvalue weighted by atomic mass is 10.1. The van der Waals surface area contributed by atoms with Gasteiger partial charge in [-0.3, -0.25) is 4.79 Å². The molecule has 0 radical (unpaired) electrons. The minimum atomic E-state index is -0.254. The predicted molar refractivity (Wildman–Crippen MR) is 73.0 cm³/mol. The number of carbonyl (C=O) groups excluding carboxylic acids is 1. The summed E-state index contributed by atoms with van der Waals surface area (Å²) in [7, 11) is 0. The van der Waals surface area contributed by atoms with E-state index >= 15 is 0 Å². The number of carbonyl (C=O) groups is 1. The molecule has 0 aliphatic rings. The minimum absolute atomic E-state index is 0.254. The average Bonchev–Trinajstić information content (AvgIpc) is 2.82. The van der Waals surface area contributed by atoms with Crippen LogP contribution in [0.25, 0.3) is 0 Å². The molecular weight excluding hydrogens is 296 g/mol. The van der Waals surface area contributed by atoms with Crippen LogP contribution in [0, 0.1) is 13.8 Å². The van der Waals surface area contributed by atoms with Crippen LogP contribution in [-0.2, 0) is 5.33 Å². The molecule has 4 nitrogen and oxygen atoms in total. The first kappa shape index (κ1) is 12.8. The van der Waals surface area contributed by atoms with E-state index in [1.807, 2.05) is 32.0 Å². The zero-order valence-electron chi connectivity index (χ0n) is 10.2. The van der Waals surface area contributed by atoms with Crippen molar-refractivity contribution in [3.63, 3.8) is 0 Å². The first-order valence-electron chi connectivity index (χ1n) is 5.50. The smallest absolute Gasteiger partial charge is 0.278 e. The van der Waals surface area contributed by atoms with Gasteiger partial charge in [-0.1, -0.05) is 39.3 Å². The fraction of sp³-hybridized carbons (Fsp3) is 0.231. The standard InChI is InChI=1S/C13H13BrN2O2/c1-8-4-3-5-9(2)11(8)15-13(17)12-10(6-14)7-18-16-12/h3-5,7H,6H2,1-2H3,(H,15,17). The summed E-state index contributed by atoms with van der Waals surface area (Å²) in [5, 5.41) is 7.13. The Balaban J connectivity index is 2.27. The number of anilines is 1. The van der Waals surface area contributed by atoms with Gasteiger partial charge < -0.3 is 9.84 Å². The molecule has 0 spiro atoms. The van der Waals surface area contributed by atoms with Crippen LogP contribution >= 0.6 is 15.9 Å². The van der Waals surface area contributed by atoms with Crippen LogP contribution < -0.4 is 5.32 Å². The van der Waals surface area contributed by atoms with E-state index in [4.69, 9.17) is 4.52 Å². The van der Waals surface area contributed by atoms with Gasteiger partial charge in [-0.15, -0.1) is 0 Å². The third kappa shape index (κ3) is 2.46. The van der Waals surface area contributed by atoms with E-state index in [1.165, 1.54) is 6.26 Å². The molecule has 0 aliphatic heterocycles. The number of nitrogens with zero attached hydrogens (tertiary/aromatic N) is 1. The fourth-order valence-corrected chi connectivity index (χ4v) is 2.12. The fourth-order valence-electron chi connectivity index (χ4n) is 1.72. The number of alkyl halides is 1. The Labute approximate surface area is 113 Å². The van der Waals surface area contributed by atoms with E-state index in [1.54, 1.807) is 0 Å². The van der Waals surface area contributed by atoms with Crippen molar-refractivity contribution < 1.29 is 9.32 Å². The zero-order valence-corrected chi connectivity index (χ0v) is 11.7. The lowest BCUT2D eigenvalue weighted by Gasteiger charge is -2.10. The number of hydrogen-bond acceptors (Lipinski definition) is 3. The second-order valence-corrected chi connectivity index (χ2v) is 4.60. The quantitative estimate of drug-likeness (QED) is 0.884. The van der Waals surface area contributed by atoms with Crippen molar-refractivity contribution in [3.05, 3.63) is 46.8 Å². The number of nitrogens with one attached hydrogen (secondary N) is 1. The van der Waals surface area contributed by atoms with Crippen LogP contribution in [0.3, 0.4) is 0 Å². The summed E-state index contributed by atoms with van der Waals surface area (Å²) >= 11 is 3.29. The lowest BCUT2D eigenvalue weighted by molar-refractivity contribution is 0.101. The number of aryl methyl sites for hydroxylation is 2. The van der Waals surface area contributed by atoms with Crippen LogP contribution in [0.1, 0.15) is 27.2 Å². The van der Waals surface area contributed by atoms with E-state index in [-0.39, 0.29) is 5.91 Å². The van der Waals surface area contributed by atoms with E-state index in [9.17, 15) is 4.79 Å². The Morgan fingerprint density at radius 3 is 2.67 bits per heavy atom. The molecule has 2 rings (SSSR count).